The van der Waals surface area contributed by atoms with E-state index in [2.05, 4.69) is 31.0 Å². The number of nitrogens with zero attached hydrogens (tertiary/aromatic N) is 1. The van der Waals surface area contributed by atoms with Crippen LogP contribution in [0.25, 0.3) is 0 Å². The van der Waals surface area contributed by atoms with Gasteiger partial charge in [0.15, 0.2) is 0 Å². The summed E-state index contributed by atoms with van der Waals surface area (Å²) < 4.78 is 11.7. The predicted molar refractivity (Wildman–Crippen MR) is 120 cm³/mol. The molecule has 1 amide bonds. The zero-order chi connectivity index (χ0) is 21.1. The van der Waals surface area contributed by atoms with Gasteiger partial charge in [-0.1, -0.05) is 26.7 Å². The number of ether oxygens (including phenoxy) is 2. The molecule has 5 nitrogen and oxygen atoms in total. The number of amides is 1. The lowest BCUT2D eigenvalue weighted by Gasteiger charge is -2.33. The summed E-state index contributed by atoms with van der Waals surface area (Å²) in [5.41, 5.74) is -0.0159. The maximum absolute atomic E-state index is 12.7. The van der Waals surface area contributed by atoms with Gasteiger partial charge >= 0.3 is 0 Å². The van der Waals surface area contributed by atoms with E-state index in [1.165, 1.54) is 25.8 Å². The van der Waals surface area contributed by atoms with Crippen LogP contribution >= 0.6 is 0 Å². The zero-order valence-electron chi connectivity index (χ0n) is 18.8. The van der Waals surface area contributed by atoms with Gasteiger partial charge in [0, 0.05) is 24.9 Å². The molecule has 2 rings (SSSR count). The van der Waals surface area contributed by atoms with Gasteiger partial charge in [-0.2, -0.15) is 0 Å². The van der Waals surface area contributed by atoms with Gasteiger partial charge in [-0.05, 0) is 76.8 Å². The number of benzene rings is 1. The predicted octanol–water partition coefficient (Wildman–Crippen LogP) is 5.25. The van der Waals surface area contributed by atoms with Crippen molar-refractivity contribution in [1.29, 1.82) is 0 Å². The minimum Gasteiger partial charge on any atom is -0.494 e. The molecule has 2 unspecified atom stereocenters. The number of nitrogens with one attached hydrogen (secondary N) is 1. The monoisotopic (exact) mass is 404 g/mol. The normalized spacial score (nSPS) is 19.5. The molecular weight excluding hydrogens is 364 g/mol. The third kappa shape index (κ3) is 7.63. The van der Waals surface area contributed by atoms with Gasteiger partial charge in [-0.3, -0.25) is 4.79 Å². The summed E-state index contributed by atoms with van der Waals surface area (Å²) >= 11 is 0. The Labute approximate surface area is 177 Å². The molecule has 1 heterocycles. The quantitative estimate of drug-likeness (QED) is 0.483. The van der Waals surface area contributed by atoms with E-state index in [9.17, 15) is 4.79 Å². The van der Waals surface area contributed by atoms with E-state index in [0.29, 0.717) is 25.7 Å². The topological polar surface area (TPSA) is 50.8 Å². The number of carbonyl (C=O) groups excluding carboxylic acids is 1. The van der Waals surface area contributed by atoms with Gasteiger partial charge in [0.25, 0.3) is 5.91 Å². The van der Waals surface area contributed by atoms with E-state index >= 15 is 0 Å². The van der Waals surface area contributed by atoms with E-state index in [1.807, 2.05) is 31.2 Å². The number of hydrogen-bond donors (Lipinski definition) is 1. The average molecular weight is 405 g/mol. The summed E-state index contributed by atoms with van der Waals surface area (Å²) in [4.78, 5) is 15.3. The highest BCUT2D eigenvalue weighted by molar-refractivity contribution is 5.97. The highest BCUT2D eigenvalue weighted by Crippen LogP contribution is 2.23. The third-order valence-electron chi connectivity index (χ3n) is 5.74. The van der Waals surface area contributed by atoms with Crippen molar-refractivity contribution in [3.8, 4) is 5.75 Å². The molecular formula is C24H40N2O3. The Morgan fingerprint density at radius 3 is 2.59 bits per heavy atom. The van der Waals surface area contributed by atoms with Gasteiger partial charge < -0.3 is 19.7 Å². The van der Waals surface area contributed by atoms with Crippen molar-refractivity contribution >= 4 is 11.6 Å². The maximum Gasteiger partial charge on any atom is 0.256 e. The minimum atomic E-state index is -0.786. The molecule has 0 spiro atoms. The first kappa shape index (κ1) is 23.7. The van der Waals surface area contributed by atoms with E-state index < -0.39 is 5.60 Å². The van der Waals surface area contributed by atoms with Crippen molar-refractivity contribution in [2.24, 2.45) is 0 Å². The summed E-state index contributed by atoms with van der Waals surface area (Å²) in [6.45, 7) is 11.9. The summed E-state index contributed by atoms with van der Waals surface area (Å²) in [5, 5.41) is 2.99. The molecule has 1 aromatic rings. The van der Waals surface area contributed by atoms with Gasteiger partial charge in [0.1, 0.15) is 11.4 Å². The molecule has 0 saturated carbocycles. The number of piperidine rings is 1. The van der Waals surface area contributed by atoms with E-state index in [0.717, 1.165) is 37.2 Å². The maximum atomic E-state index is 12.7. The van der Waals surface area contributed by atoms with Crippen molar-refractivity contribution in [2.75, 3.05) is 31.6 Å². The first-order chi connectivity index (χ1) is 14.0. The highest BCUT2D eigenvalue weighted by atomic mass is 16.5. The summed E-state index contributed by atoms with van der Waals surface area (Å²) in [6, 6.07) is 8.33. The number of likely N-dealkylation sites (tertiary alicyclic amines) is 1. The van der Waals surface area contributed by atoms with Crippen LogP contribution < -0.4 is 10.1 Å². The summed E-state index contributed by atoms with van der Waals surface area (Å²) in [5.74, 6) is 0.755. The number of carbonyl (C=O) groups is 1. The summed E-state index contributed by atoms with van der Waals surface area (Å²) in [6.07, 6.45) is 7.53. The minimum absolute atomic E-state index is 0.0860. The van der Waals surface area contributed by atoms with Crippen LogP contribution in [0.5, 0.6) is 5.75 Å². The molecule has 1 saturated heterocycles. The molecule has 2 atom stereocenters. The lowest BCUT2D eigenvalue weighted by molar-refractivity contribution is -0.140. The van der Waals surface area contributed by atoms with Gasteiger partial charge in [-0.15, -0.1) is 0 Å². The fourth-order valence-electron chi connectivity index (χ4n) is 3.90. The van der Waals surface area contributed by atoms with Crippen LogP contribution in [0, 0.1) is 0 Å². The van der Waals surface area contributed by atoms with E-state index in [-0.39, 0.29) is 5.91 Å². The van der Waals surface area contributed by atoms with E-state index in [4.69, 9.17) is 9.47 Å². The Hall–Kier alpha value is -1.59. The summed E-state index contributed by atoms with van der Waals surface area (Å²) in [7, 11) is 0. The Bertz CT molecular complexity index is 605. The van der Waals surface area contributed by atoms with Crippen molar-refractivity contribution in [1.82, 2.24) is 4.90 Å². The van der Waals surface area contributed by atoms with Crippen LogP contribution in [0.15, 0.2) is 24.3 Å². The second-order valence-electron chi connectivity index (χ2n) is 8.39. The van der Waals surface area contributed by atoms with Crippen molar-refractivity contribution in [2.45, 2.75) is 84.3 Å². The molecule has 0 bridgehead atoms. The fraction of sp³-hybridized carbons (Fsp3) is 0.708. The lowest BCUT2D eigenvalue weighted by Crippen LogP contribution is -2.43. The molecule has 5 heteroatoms. The molecule has 1 aliphatic rings. The first-order valence-corrected chi connectivity index (χ1v) is 11.4. The van der Waals surface area contributed by atoms with Crippen LogP contribution in [-0.4, -0.2) is 48.8 Å². The van der Waals surface area contributed by atoms with Crippen molar-refractivity contribution < 1.29 is 14.3 Å². The van der Waals surface area contributed by atoms with Crippen LogP contribution in [0.4, 0.5) is 5.69 Å². The van der Waals surface area contributed by atoms with E-state index in [1.54, 1.807) is 0 Å². The second kappa shape index (κ2) is 12.2. The molecule has 1 fully saturated rings. The second-order valence-corrected chi connectivity index (χ2v) is 8.39. The zero-order valence-corrected chi connectivity index (χ0v) is 18.8. The largest absolute Gasteiger partial charge is 0.494 e. The lowest BCUT2D eigenvalue weighted by atomic mass is 9.99. The van der Waals surface area contributed by atoms with Gasteiger partial charge in [0.2, 0.25) is 0 Å². The third-order valence-corrected chi connectivity index (χ3v) is 5.74. The first-order valence-electron chi connectivity index (χ1n) is 11.4. The SMILES string of the molecule is CCCOC(C)(CCC)C(=O)Nc1ccc(OCCCN2CCCCC2C)cc1. The van der Waals surface area contributed by atoms with Gasteiger partial charge in [0.05, 0.1) is 6.61 Å². The Balaban J connectivity index is 1.77. The Kier molecular flexibility index (Phi) is 9.95. The van der Waals surface area contributed by atoms with Crippen molar-refractivity contribution in [3.63, 3.8) is 0 Å². The van der Waals surface area contributed by atoms with Crippen LogP contribution in [-0.2, 0) is 9.53 Å². The standard InChI is InChI=1S/C24H40N2O3/c1-5-15-24(4,29-18-6-2)23(27)25-21-11-13-22(14-12-21)28-19-9-17-26-16-8-7-10-20(26)3/h11-14,20H,5-10,15-19H2,1-4H3,(H,25,27). The smallest absolute Gasteiger partial charge is 0.256 e. The number of anilines is 1. The molecule has 1 aromatic carbocycles. The molecule has 0 aromatic heterocycles. The number of rotatable bonds is 12. The number of hydrogen-bond acceptors (Lipinski definition) is 4. The Morgan fingerprint density at radius 2 is 1.93 bits per heavy atom. The van der Waals surface area contributed by atoms with Crippen LogP contribution in [0.3, 0.4) is 0 Å². The highest BCUT2D eigenvalue weighted by Gasteiger charge is 2.33. The molecule has 0 aliphatic carbocycles. The molecule has 1 aliphatic heterocycles. The van der Waals surface area contributed by atoms with Crippen LogP contribution in [0.1, 0.15) is 72.6 Å². The van der Waals surface area contributed by atoms with Gasteiger partial charge in [-0.25, -0.2) is 0 Å². The Morgan fingerprint density at radius 1 is 1.17 bits per heavy atom. The van der Waals surface area contributed by atoms with Crippen molar-refractivity contribution in [3.05, 3.63) is 24.3 Å². The van der Waals surface area contributed by atoms with Crippen LogP contribution in [0.2, 0.25) is 0 Å². The molecule has 29 heavy (non-hydrogen) atoms. The molecule has 164 valence electrons. The average Bonchev–Trinajstić information content (AvgIpc) is 2.72. The fourth-order valence-corrected chi connectivity index (χ4v) is 3.90. The molecule has 1 N–H and O–H groups in total. The molecule has 0 radical (unpaired) electrons.